The van der Waals surface area contributed by atoms with Crippen LogP contribution >= 0.6 is 0 Å². The quantitative estimate of drug-likeness (QED) is 0.549. The van der Waals surface area contributed by atoms with Crippen molar-refractivity contribution in [2.75, 3.05) is 30.9 Å². The molecule has 1 fully saturated rings. The lowest BCUT2D eigenvalue weighted by atomic mass is 10.1. The lowest BCUT2D eigenvalue weighted by Gasteiger charge is -2.18. The molecule has 0 bridgehead atoms. The molecule has 8 heteroatoms. The molecule has 0 aliphatic heterocycles. The third-order valence-corrected chi connectivity index (χ3v) is 5.56. The third-order valence-electron chi connectivity index (χ3n) is 5.56. The molecule has 1 aliphatic carbocycles. The maximum absolute atomic E-state index is 13.1. The minimum atomic E-state index is 0.0751. The van der Waals surface area contributed by atoms with Crippen molar-refractivity contribution in [2.24, 2.45) is 0 Å². The summed E-state index contributed by atoms with van der Waals surface area (Å²) < 4.78 is 6.93. The van der Waals surface area contributed by atoms with E-state index in [9.17, 15) is 4.79 Å². The molecule has 8 nitrogen and oxygen atoms in total. The fourth-order valence-electron chi connectivity index (χ4n) is 3.98. The Labute approximate surface area is 175 Å². The summed E-state index contributed by atoms with van der Waals surface area (Å²) in [7, 11) is 1.67. The molecule has 1 saturated carbocycles. The monoisotopic (exact) mass is 408 g/mol. The largest absolute Gasteiger partial charge is 0.383 e. The molecule has 0 unspecified atom stereocenters. The van der Waals surface area contributed by atoms with Gasteiger partial charge in [0.15, 0.2) is 0 Å². The molecule has 4 rings (SSSR count). The Kier molecular flexibility index (Phi) is 6.23. The third kappa shape index (κ3) is 4.28. The standard InChI is InChI=1S/C22H28N6O2/c1-3-15-12-16-13-25-22(26-19-9-8-17(14-24-19)23-10-11-30-2)27-20(16)28(21(15)29)18-6-4-5-7-18/h8-9,12-14,18,23H,3-7,10-11H2,1-2H3,(H,24,25,26,27). The maximum Gasteiger partial charge on any atom is 0.255 e. The predicted octanol–water partition coefficient (Wildman–Crippen LogP) is 3.67. The first kappa shape index (κ1) is 20.3. The van der Waals surface area contributed by atoms with Crippen LogP contribution in [0.3, 0.4) is 0 Å². The summed E-state index contributed by atoms with van der Waals surface area (Å²) in [5.41, 5.74) is 2.50. The van der Waals surface area contributed by atoms with Gasteiger partial charge in [-0.15, -0.1) is 0 Å². The summed E-state index contributed by atoms with van der Waals surface area (Å²) >= 11 is 0. The first-order valence-corrected chi connectivity index (χ1v) is 10.6. The molecular formula is C22H28N6O2. The van der Waals surface area contributed by atoms with E-state index in [0.29, 0.717) is 30.4 Å². The second kappa shape index (κ2) is 9.21. The number of rotatable bonds is 8. The highest BCUT2D eigenvalue weighted by Gasteiger charge is 2.22. The number of fused-ring (bicyclic) bond motifs is 1. The highest BCUT2D eigenvalue weighted by atomic mass is 16.5. The average molecular weight is 409 g/mol. The molecule has 158 valence electrons. The van der Waals surface area contributed by atoms with Crippen molar-refractivity contribution in [1.29, 1.82) is 0 Å². The lowest BCUT2D eigenvalue weighted by molar-refractivity contribution is 0.211. The van der Waals surface area contributed by atoms with Crippen molar-refractivity contribution in [3.05, 3.63) is 46.5 Å². The summed E-state index contributed by atoms with van der Waals surface area (Å²) in [4.78, 5) is 26.6. The van der Waals surface area contributed by atoms with Crippen molar-refractivity contribution in [1.82, 2.24) is 19.5 Å². The lowest BCUT2D eigenvalue weighted by Crippen LogP contribution is -2.27. The van der Waals surface area contributed by atoms with Gasteiger partial charge in [0.05, 0.1) is 18.5 Å². The fraction of sp³-hybridized carbons (Fsp3) is 0.455. The van der Waals surface area contributed by atoms with Crippen LogP contribution in [-0.2, 0) is 11.2 Å². The SMILES string of the molecule is CCc1cc2cnc(Nc3ccc(NCCOC)cn3)nc2n(C2CCCC2)c1=O. The normalized spacial score (nSPS) is 14.3. The van der Waals surface area contributed by atoms with Crippen LogP contribution in [0.15, 0.2) is 35.4 Å². The van der Waals surface area contributed by atoms with Crippen LogP contribution in [0.5, 0.6) is 0 Å². The molecule has 0 atom stereocenters. The Morgan fingerprint density at radius 1 is 1.20 bits per heavy atom. The number of nitrogens with zero attached hydrogens (tertiary/aromatic N) is 4. The molecule has 2 N–H and O–H groups in total. The number of aromatic nitrogens is 4. The van der Waals surface area contributed by atoms with Crippen molar-refractivity contribution in [2.45, 2.75) is 45.1 Å². The number of ether oxygens (including phenoxy) is 1. The van der Waals surface area contributed by atoms with Gasteiger partial charge < -0.3 is 15.4 Å². The van der Waals surface area contributed by atoms with Crippen LogP contribution in [0.1, 0.15) is 44.2 Å². The Hall–Kier alpha value is -3.00. The van der Waals surface area contributed by atoms with Crippen molar-refractivity contribution in [3.8, 4) is 0 Å². The van der Waals surface area contributed by atoms with Crippen LogP contribution in [-0.4, -0.2) is 39.8 Å². The Balaban J connectivity index is 1.62. The van der Waals surface area contributed by atoms with Crippen LogP contribution < -0.4 is 16.2 Å². The van der Waals surface area contributed by atoms with Crippen LogP contribution in [0.4, 0.5) is 17.5 Å². The van der Waals surface area contributed by atoms with Gasteiger partial charge in [-0.2, -0.15) is 4.98 Å². The summed E-state index contributed by atoms with van der Waals surface area (Å²) in [6.45, 7) is 3.36. The Morgan fingerprint density at radius 3 is 2.73 bits per heavy atom. The number of pyridine rings is 2. The molecule has 0 spiro atoms. The molecule has 30 heavy (non-hydrogen) atoms. The van der Waals surface area contributed by atoms with Crippen molar-refractivity contribution < 1.29 is 4.74 Å². The van der Waals surface area contributed by atoms with E-state index in [1.165, 1.54) is 0 Å². The van der Waals surface area contributed by atoms with E-state index in [1.807, 2.05) is 29.7 Å². The summed E-state index contributed by atoms with van der Waals surface area (Å²) in [6.07, 6.45) is 8.59. The highest BCUT2D eigenvalue weighted by molar-refractivity contribution is 5.76. The zero-order valence-corrected chi connectivity index (χ0v) is 17.5. The fourth-order valence-corrected chi connectivity index (χ4v) is 3.98. The van der Waals surface area contributed by atoms with E-state index in [4.69, 9.17) is 9.72 Å². The first-order valence-electron chi connectivity index (χ1n) is 10.6. The number of hydrogen-bond donors (Lipinski definition) is 2. The molecule has 3 aromatic rings. The first-order chi connectivity index (χ1) is 14.7. The average Bonchev–Trinajstić information content (AvgIpc) is 3.29. The van der Waals surface area contributed by atoms with E-state index >= 15 is 0 Å². The van der Waals surface area contributed by atoms with Crippen LogP contribution in [0.25, 0.3) is 11.0 Å². The van der Waals surface area contributed by atoms with Crippen LogP contribution in [0, 0.1) is 0 Å². The molecular weight excluding hydrogens is 380 g/mol. The number of anilines is 3. The molecule has 0 saturated heterocycles. The number of nitrogens with one attached hydrogen (secondary N) is 2. The second-order valence-electron chi connectivity index (χ2n) is 7.59. The summed E-state index contributed by atoms with van der Waals surface area (Å²) in [6, 6.07) is 5.94. The van der Waals surface area contributed by atoms with E-state index in [0.717, 1.165) is 48.9 Å². The van der Waals surface area contributed by atoms with Crippen LogP contribution in [0.2, 0.25) is 0 Å². The van der Waals surface area contributed by atoms with Gasteiger partial charge in [-0.1, -0.05) is 19.8 Å². The maximum atomic E-state index is 13.1. The molecule has 3 heterocycles. The van der Waals surface area contributed by atoms with E-state index in [2.05, 4.69) is 20.6 Å². The molecule has 0 amide bonds. The smallest absolute Gasteiger partial charge is 0.255 e. The number of methoxy groups -OCH3 is 1. The molecule has 1 aliphatic rings. The second-order valence-corrected chi connectivity index (χ2v) is 7.59. The zero-order chi connectivity index (χ0) is 20.9. The topological polar surface area (TPSA) is 94.0 Å². The minimum Gasteiger partial charge on any atom is -0.383 e. The van der Waals surface area contributed by atoms with Gasteiger partial charge in [-0.05, 0) is 37.5 Å². The van der Waals surface area contributed by atoms with Gasteiger partial charge in [0.2, 0.25) is 5.95 Å². The number of hydrogen-bond acceptors (Lipinski definition) is 7. The van der Waals surface area contributed by atoms with Gasteiger partial charge in [0.25, 0.3) is 5.56 Å². The Morgan fingerprint density at radius 2 is 2.03 bits per heavy atom. The highest BCUT2D eigenvalue weighted by Crippen LogP contribution is 2.31. The van der Waals surface area contributed by atoms with Gasteiger partial charge >= 0.3 is 0 Å². The summed E-state index contributed by atoms with van der Waals surface area (Å²) in [5.74, 6) is 1.08. The number of aryl methyl sites for hydroxylation is 1. The van der Waals surface area contributed by atoms with Gasteiger partial charge in [-0.3, -0.25) is 9.36 Å². The van der Waals surface area contributed by atoms with Gasteiger partial charge in [0, 0.05) is 36.8 Å². The molecule has 0 aromatic carbocycles. The molecule has 0 radical (unpaired) electrons. The van der Waals surface area contributed by atoms with Gasteiger partial charge in [-0.25, -0.2) is 9.97 Å². The van der Waals surface area contributed by atoms with Crippen molar-refractivity contribution >= 4 is 28.5 Å². The van der Waals surface area contributed by atoms with Crippen molar-refractivity contribution in [3.63, 3.8) is 0 Å². The summed E-state index contributed by atoms with van der Waals surface area (Å²) in [5, 5.41) is 7.28. The Bertz CT molecular complexity index is 1060. The zero-order valence-electron chi connectivity index (χ0n) is 17.5. The molecule has 3 aromatic heterocycles. The minimum absolute atomic E-state index is 0.0751. The van der Waals surface area contributed by atoms with E-state index in [-0.39, 0.29) is 11.6 Å². The predicted molar refractivity (Wildman–Crippen MR) is 119 cm³/mol. The van der Waals surface area contributed by atoms with E-state index < -0.39 is 0 Å². The van der Waals surface area contributed by atoms with E-state index in [1.54, 1.807) is 19.5 Å². The van der Waals surface area contributed by atoms with Gasteiger partial charge in [0.1, 0.15) is 11.5 Å².